The molecule has 2 rings (SSSR count). The largest absolute Gasteiger partial charge is 0.306 e. The molecule has 98 valence electrons. The van der Waals surface area contributed by atoms with E-state index in [2.05, 4.69) is 41.8 Å². The third-order valence-corrected chi connectivity index (χ3v) is 3.46. The number of piperidine rings is 1. The van der Waals surface area contributed by atoms with E-state index in [0.717, 1.165) is 6.42 Å². The molecule has 0 saturated carbocycles. The Morgan fingerprint density at radius 2 is 1.88 bits per heavy atom. The molecule has 0 atom stereocenters. The number of hydrogen-bond acceptors (Lipinski definition) is 2. The van der Waals surface area contributed by atoms with Gasteiger partial charge in [0, 0.05) is 6.20 Å². The topological polar surface area (TPSA) is 21.1 Å². The molecule has 1 aromatic rings. The predicted molar refractivity (Wildman–Crippen MR) is 73.5 cm³/mol. The molecule has 0 unspecified atom stereocenters. The van der Waals surface area contributed by atoms with Crippen LogP contribution in [0, 0.1) is 6.92 Å². The first-order valence-corrected chi connectivity index (χ1v) is 6.94. The van der Waals surface area contributed by atoms with Crippen molar-refractivity contribution in [2.75, 3.05) is 20.1 Å². The van der Waals surface area contributed by atoms with Crippen molar-refractivity contribution in [2.45, 2.75) is 53.0 Å². The Hall–Kier alpha value is -0.830. The highest BCUT2D eigenvalue weighted by Crippen LogP contribution is 2.22. The van der Waals surface area contributed by atoms with Gasteiger partial charge < -0.3 is 4.90 Å². The lowest BCUT2D eigenvalue weighted by Gasteiger charge is -2.29. The second-order valence-electron chi connectivity index (χ2n) is 4.61. The van der Waals surface area contributed by atoms with Gasteiger partial charge in [0.15, 0.2) is 0 Å². The van der Waals surface area contributed by atoms with Crippen molar-refractivity contribution in [3.05, 3.63) is 17.5 Å². The van der Waals surface area contributed by atoms with Gasteiger partial charge in [0.25, 0.3) is 0 Å². The average Bonchev–Trinajstić information content (AvgIpc) is 2.74. The Bertz CT molecular complexity index is 322. The van der Waals surface area contributed by atoms with Gasteiger partial charge in [-0.1, -0.05) is 20.8 Å². The van der Waals surface area contributed by atoms with Crippen LogP contribution in [0.4, 0.5) is 0 Å². The lowest BCUT2D eigenvalue weighted by Crippen LogP contribution is -2.31. The van der Waals surface area contributed by atoms with Crippen molar-refractivity contribution in [2.24, 2.45) is 0 Å². The highest BCUT2D eigenvalue weighted by atomic mass is 15.3. The molecule has 0 radical (unpaired) electrons. The lowest BCUT2D eigenvalue weighted by molar-refractivity contribution is 0.212. The van der Waals surface area contributed by atoms with Gasteiger partial charge in [-0.25, -0.2) is 0 Å². The van der Waals surface area contributed by atoms with Crippen molar-refractivity contribution >= 4 is 0 Å². The minimum atomic E-state index is 0.625. The Labute approximate surface area is 106 Å². The Morgan fingerprint density at radius 1 is 1.29 bits per heavy atom. The summed E-state index contributed by atoms with van der Waals surface area (Å²) in [5, 5.41) is 4.63. The Balaban J connectivity index is 0.000000686. The van der Waals surface area contributed by atoms with Crippen molar-refractivity contribution in [1.29, 1.82) is 0 Å². The van der Waals surface area contributed by atoms with Crippen LogP contribution in [0.1, 0.15) is 50.9 Å². The van der Waals surface area contributed by atoms with E-state index in [4.69, 9.17) is 0 Å². The smallest absolute Gasteiger partial charge is 0.0625 e. The van der Waals surface area contributed by atoms with Gasteiger partial charge in [-0.05, 0) is 51.9 Å². The van der Waals surface area contributed by atoms with Crippen LogP contribution in [0.5, 0.6) is 0 Å². The molecular weight excluding hydrogens is 210 g/mol. The van der Waals surface area contributed by atoms with Crippen molar-refractivity contribution in [3.63, 3.8) is 0 Å². The normalized spacial score (nSPS) is 17.7. The molecule has 1 aromatic heterocycles. The summed E-state index contributed by atoms with van der Waals surface area (Å²) in [6.45, 7) is 10.7. The number of rotatable bonds is 2. The maximum Gasteiger partial charge on any atom is 0.0625 e. The van der Waals surface area contributed by atoms with Crippen LogP contribution in [0.2, 0.25) is 0 Å². The summed E-state index contributed by atoms with van der Waals surface area (Å²) in [6, 6.07) is 0.625. The average molecular weight is 237 g/mol. The van der Waals surface area contributed by atoms with Crippen molar-refractivity contribution in [3.8, 4) is 0 Å². The fraction of sp³-hybridized carbons (Fsp3) is 0.786. The van der Waals surface area contributed by atoms with Gasteiger partial charge in [0.05, 0.1) is 11.7 Å². The molecule has 2 heterocycles. The second-order valence-corrected chi connectivity index (χ2v) is 4.61. The maximum absolute atomic E-state index is 4.63. The van der Waals surface area contributed by atoms with E-state index in [0.29, 0.717) is 6.04 Å². The molecule has 0 bridgehead atoms. The first-order chi connectivity index (χ1) is 8.20. The molecule has 1 fully saturated rings. The van der Waals surface area contributed by atoms with Crippen LogP contribution in [0.25, 0.3) is 0 Å². The molecule has 0 amide bonds. The molecule has 1 aliphatic heterocycles. The van der Waals surface area contributed by atoms with E-state index in [-0.39, 0.29) is 0 Å². The van der Waals surface area contributed by atoms with Crippen LogP contribution >= 0.6 is 0 Å². The zero-order valence-electron chi connectivity index (χ0n) is 12.0. The summed E-state index contributed by atoms with van der Waals surface area (Å²) in [4.78, 5) is 2.40. The van der Waals surface area contributed by atoms with E-state index < -0.39 is 0 Å². The van der Waals surface area contributed by atoms with Crippen LogP contribution in [-0.2, 0) is 6.42 Å². The van der Waals surface area contributed by atoms with E-state index in [1.807, 2.05) is 13.8 Å². The van der Waals surface area contributed by atoms with Gasteiger partial charge in [-0.15, -0.1) is 0 Å². The molecule has 0 aliphatic carbocycles. The van der Waals surface area contributed by atoms with Crippen LogP contribution in [0.15, 0.2) is 6.20 Å². The summed E-state index contributed by atoms with van der Waals surface area (Å²) in [5.41, 5.74) is 2.60. The maximum atomic E-state index is 4.63. The summed E-state index contributed by atoms with van der Waals surface area (Å²) >= 11 is 0. The zero-order chi connectivity index (χ0) is 12.8. The minimum Gasteiger partial charge on any atom is -0.306 e. The Morgan fingerprint density at radius 3 is 2.35 bits per heavy atom. The molecule has 1 aliphatic rings. The number of aryl methyl sites for hydroxylation is 2. The van der Waals surface area contributed by atoms with Crippen molar-refractivity contribution in [1.82, 2.24) is 14.7 Å². The summed E-state index contributed by atoms with van der Waals surface area (Å²) < 4.78 is 2.20. The summed E-state index contributed by atoms with van der Waals surface area (Å²) in [6.07, 6.45) is 5.81. The SMILES string of the molecule is CC.CCc1cn(C2CCN(C)CC2)nc1C. The fourth-order valence-corrected chi connectivity index (χ4v) is 2.31. The molecule has 3 heteroatoms. The first kappa shape index (κ1) is 14.2. The van der Waals surface area contributed by atoms with Gasteiger partial charge in [0.1, 0.15) is 0 Å². The van der Waals surface area contributed by atoms with Crippen LogP contribution in [-0.4, -0.2) is 34.8 Å². The molecule has 0 spiro atoms. The van der Waals surface area contributed by atoms with E-state index in [1.165, 1.54) is 37.2 Å². The highest BCUT2D eigenvalue weighted by molar-refractivity contribution is 5.15. The molecule has 3 nitrogen and oxygen atoms in total. The molecule has 1 saturated heterocycles. The van der Waals surface area contributed by atoms with Crippen LogP contribution < -0.4 is 0 Å². The van der Waals surface area contributed by atoms with Crippen LogP contribution in [0.3, 0.4) is 0 Å². The van der Waals surface area contributed by atoms with Gasteiger partial charge in [-0.3, -0.25) is 4.68 Å². The van der Waals surface area contributed by atoms with Gasteiger partial charge in [0.2, 0.25) is 0 Å². The standard InChI is InChI=1S/C12H21N3.C2H6/c1-4-11-9-15(13-10(11)2)12-5-7-14(3)8-6-12;1-2/h9,12H,4-8H2,1-3H3;1-2H3. The Kier molecular flexibility index (Phi) is 5.69. The lowest BCUT2D eigenvalue weighted by atomic mass is 10.1. The number of likely N-dealkylation sites (tertiary alicyclic amines) is 1. The number of hydrogen-bond donors (Lipinski definition) is 0. The monoisotopic (exact) mass is 237 g/mol. The van der Waals surface area contributed by atoms with Gasteiger partial charge in [-0.2, -0.15) is 5.10 Å². The van der Waals surface area contributed by atoms with E-state index >= 15 is 0 Å². The molecular formula is C14H27N3. The highest BCUT2D eigenvalue weighted by Gasteiger charge is 2.19. The third kappa shape index (κ3) is 3.56. The summed E-state index contributed by atoms with van der Waals surface area (Å²) in [5.74, 6) is 0. The zero-order valence-corrected chi connectivity index (χ0v) is 12.0. The predicted octanol–water partition coefficient (Wildman–Crippen LogP) is 3.05. The molecule has 0 aromatic carbocycles. The van der Waals surface area contributed by atoms with E-state index in [1.54, 1.807) is 0 Å². The fourth-order valence-electron chi connectivity index (χ4n) is 2.31. The van der Waals surface area contributed by atoms with E-state index in [9.17, 15) is 0 Å². The molecule has 17 heavy (non-hydrogen) atoms. The van der Waals surface area contributed by atoms with Crippen molar-refractivity contribution < 1.29 is 0 Å². The first-order valence-electron chi connectivity index (χ1n) is 6.94. The quantitative estimate of drug-likeness (QED) is 0.788. The minimum absolute atomic E-state index is 0.625. The number of nitrogens with zero attached hydrogens (tertiary/aromatic N) is 3. The summed E-state index contributed by atoms with van der Waals surface area (Å²) in [7, 11) is 2.20. The third-order valence-electron chi connectivity index (χ3n) is 3.46. The van der Waals surface area contributed by atoms with Gasteiger partial charge >= 0.3 is 0 Å². The number of aromatic nitrogens is 2. The molecule has 0 N–H and O–H groups in total. The second kappa shape index (κ2) is 6.80.